The number of amides is 3. The van der Waals surface area contributed by atoms with Gasteiger partial charge in [0.2, 0.25) is 0 Å². The van der Waals surface area contributed by atoms with Gasteiger partial charge in [0, 0.05) is 79.5 Å². The van der Waals surface area contributed by atoms with E-state index in [2.05, 4.69) is 51.5 Å². The third-order valence-corrected chi connectivity index (χ3v) is 17.3. The van der Waals surface area contributed by atoms with Gasteiger partial charge in [-0.3, -0.25) is 19.3 Å². The highest BCUT2D eigenvalue weighted by Crippen LogP contribution is 2.52. The van der Waals surface area contributed by atoms with Crippen LogP contribution in [0.3, 0.4) is 0 Å². The van der Waals surface area contributed by atoms with Crippen molar-refractivity contribution in [3.8, 4) is 0 Å². The standard InChI is InChI=1S/C38H37ClN4O5Si/c39-31-23-26-30(22-27(31)36(46)40-12-17-43-34(44)10-11-35(43)45)38(48-37(26)47)28-8-6-24(41-13-4-14-41)20-32(28)49(18-2-1-3-19-49)33-21-25(7-9-29(33)38)42-15-5-16-42/h6-11,20-23H,1-5,12-19H2,(H,40,46). The number of carbonyl (C=O) groups is 4. The molecule has 6 aliphatic heterocycles. The number of ether oxygens (including phenoxy) is 1. The molecule has 3 aromatic carbocycles. The summed E-state index contributed by atoms with van der Waals surface area (Å²) in [5.41, 5.74) is 4.43. The molecule has 6 heterocycles. The van der Waals surface area contributed by atoms with Crippen LogP contribution in [0.4, 0.5) is 11.4 Å². The van der Waals surface area contributed by atoms with Crippen molar-refractivity contribution in [3.05, 3.63) is 93.5 Å². The number of nitrogens with zero attached hydrogens (tertiary/aromatic N) is 3. The molecule has 0 bridgehead atoms. The second-order valence-electron chi connectivity index (χ2n) is 14.1. The summed E-state index contributed by atoms with van der Waals surface area (Å²) < 4.78 is 6.67. The molecule has 9 rings (SSSR count). The molecule has 0 saturated carbocycles. The molecule has 0 atom stereocenters. The predicted octanol–water partition coefficient (Wildman–Crippen LogP) is 3.94. The third-order valence-electron chi connectivity index (χ3n) is 11.7. The molecule has 2 spiro atoms. The average molecular weight is 693 g/mol. The maximum absolute atomic E-state index is 13.9. The SMILES string of the molecule is O=C(NCCN1C(=O)C=CC1=O)c1cc2c(cc1Cl)C(=O)OC21c2ccc(N3CCC3)cc2[Si]2(CCCCC2)c2cc(N3CCC3)ccc21. The Hall–Kier alpha value is -4.41. The topological polar surface area (TPSA) is 99.3 Å². The van der Waals surface area contributed by atoms with Crippen molar-refractivity contribution in [1.29, 1.82) is 0 Å². The van der Waals surface area contributed by atoms with Crippen molar-refractivity contribution in [1.82, 2.24) is 10.2 Å². The van der Waals surface area contributed by atoms with Gasteiger partial charge in [0.1, 0.15) is 8.07 Å². The van der Waals surface area contributed by atoms with Crippen molar-refractivity contribution in [2.45, 2.75) is 49.8 Å². The van der Waals surface area contributed by atoms with Crippen molar-refractivity contribution < 1.29 is 23.9 Å². The van der Waals surface area contributed by atoms with Crippen LogP contribution in [-0.4, -0.2) is 75.9 Å². The normalized spacial score (nSPS) is 20.9. The van der Waals surface area contributed by atoms with Crippen LogP contribution in [0.1, 0.15) is 69.5 Å². The molecule has 0 aliphatic carbocycles. The molecule has 1 N–H and O–H groups in total. The van der Waals surface area contributed by atoms with Gasteiger partial charge in [-0.2, -0.15) is 0 Å². The lowest BCUT2D eigenvalue weighted by Gasteiger charge is -2.49. The highest BCUT2D eigenvalue weighted by Gasteiger charge is 2.59. The molecule has 9 nitrogen and oxygen atoms in total. The Morgan fingerprint density at radius 2 is 1.37 bits per heavy atom. The van der Waals surface area contributed by atoms with E-state index in [0.29, 0.717) is 11.1 Å². The van der Waals surface area contributed by atoms with Gasteiger partial charge in [-0.1, -0.05) is 43.0 Å². The highest BCUT2D eigenvalue weighted by atomic mass is 35.5. The van der Waals surface area contributed by atoms with Gasteiger partial charge in [0.25, 0.3) is 17.7 Å². The van der Waals surface area contributed by atoms with Gasteiger partial charge in [0.15, 0.2) is 5.60 Å². The zero-order chi connectivity index (χ0) is 33.5. The summed E-state index contributed by atoms with van der Waals surface area (Å²) in [6.45, 7) is 4.26. The number of imide groups is 1. The summed E-state index contributed by atoms with van der Waals surface area (Å²) in [5.74, 6) is -1.73. The summed E-state index contributed by atoms with van der Waals surface area (Å²) in [7, 11) is -2.28. The Bertz CT molecular complexity index is 1910. The minimum Gasteiger partial charge on any atom is -0.441 e. The number of hydrogen-bond acceptors (Lipinski definition) is 7. The molecule has 3 aromatic rings. The number of nitrogens with one attached hydrogen (secondary N) is 1. The van der Waals surface area contributed by atoms with E-state index in [4.69, 9.17) is 16.3 Å². The highest BCUT2D eigenvalue weighted by molar-refractivity contribution is 7.03. The molecule has 0 radical (unpaired) electrons. The number of fused-ring (bicyclic) bond motifs is 8. The molecule has 6 aliphatic rings. The van der Waals surface area contributed by atoms with E-state index in [-0.39, 0.29) is 23.7 Å². The number of benzene rings is 3. The quantitative estimate of drug-likeness (QED) is 0.238. The van der Waals surface area contributed by atoms with E-state index in [1.165, 1.54) is 66.0 Å². The van der Waals surface area contributed by atoms with E-state index in [9.17, 15) is 19.2 Å². The van der Waals surface area contributed by atoms with Gasteiger partial charge in [-0.15, -0.1) is 0 Å². The van der Waals surface area contributed by atoms with E-state index in [1.807, 2.05) is 0 Å². The van der Waals surface area contributed by atoms with E-state index < -0.39 is 37.4 Å². The lowest BCUT2D eigenvalue weighted by atomic mass is 9.78. The lowest BCUT2D eigenvalue weighted by molar-refractivity contribution is -0.136. The predicted molar refractivity (Wildman–Crippen MR) is 190 cm³/mol. The molecule has 0 unspecified atom stereocenters. The summed E-state index contributed by atoms with van der Waals surface area (Å²) in [6, 6.07) is 19.2. The van der Waals surface area contributed by atoms with Gasteiger partial charge in [0.05, 0.1) is 16.1 Å². The Labute approximate surface area is 290 Å². The first-order valence-corrected chi connectivity index (χ1v) is 20.3. The second kappa shape index (κ2) is 11.3. The van der Waals surface area contributed by atoms with Crippen LogP contribution in [0, 0.1) is 0 Å². The average Bonchev–Trinajstić information content (AvgIpc) is 3.53. The number of rotatable bonds is 6. The fourth-order valence-corrected chi connectivity index (χ4v) is 14.9. The molecular weight excluding hydrogens is 656 g/mol. The summed E-state index contributed by atoms with van der Waals surface area (Å²) in [6.07, 6.45) is 8.40. The van der Waals surface area contributed by atoms with Crippen LogP contribution >= 0.6 is 11.6 Å². The zero-order valence-electron chi connectivity index (χ0n) is 27.2. The summed E-state index contributed by atoms with van der Waals surface area (Å²) in [5, 5.41) is 5.65. The van der Waals surface area contributed by atoms with Crippen LogP contribution < -0.4 is 25.5 Å². The molecule has 3 fully saturated rings. The third kappa shape index (κ3) is 4.49. The Kier molecular flexibility index (Phi) is 7.07. The fourth-order valence-electron chi connectivity index (χ4n) is 8.88. The van der Waals surface area contributed by atoms with E-state index in [0.717, 1.165) is 54.3 Å². The summed E-state index contributed by atoms with van der Waals surface area (Å²) >= 11 is 6.72. The number of carbonyl (C=O) groups excluding carboxylic acids is 4. The van der Waals surface area contributed by atoms with Crippen molar-refractivity contribution in [3.63, 3.8) is 0 Å². The molecule has 3 saturated heterocycles. The van der Waals surface area contributed by atoms with Crippen LogP contribution in [0.2, 0.25) is 17.1 Å². The Morgan fingerprint density at radius 3 is 1.92 bits per heavy atom. The smallest absolute Gasteiger partial charge is 0.340 e. The van der Waals surface area contributed by atoms with Crippen molar-refractivity contribution in [2.24, 2.45) is 0 Å². The fraction of sp³-hybridized carbons (Fsp3) is 0.368. The maximum Gasteiger partial charge on any atom is 0.340 e. The van der Waals surface area contributed by atoms with Crippen LogP contribution in [0.25, 0.3) is 0 Å². The van der Waals surface area contributed by atoms with Crippen LogP contribution in [0.15, 0.2) is 60.7 Å². The molecule has 3 amide bonds. The van der Waals surface area contributed by atoms with Gasteiger partial charge >= 0.3 is 5.97 Å². The molecule has 11 heteroatoms. The van der Waals surface area contributed by atoms with Gasteiger partial charge in [-0.25, -0.2) is 4.79 Å². The zero-order valence-corrected chi connectivity index (χ0v) is 29.0. The Balaban J connectivity index is 1.20. The Morgan fingerprint density at radius 1 is 0.776 bits per heavy atom. The van der Waals surface area contributed by atoms with E-state index >= 15 is 0 Å². The minimum absolute atomic E-state index is 0.0384. The number of anilines is 2. The van der Waals surface area contributed by atoms with Crippen molar-refractivity contribution >= 4 is 65.1 Å². The molecule has 0 aromatic heterocycles. The van der Waals surface area contributed by atoms with Gasteiger partial charge < -0.3 is 19.9 Å². The monoisotopic (exact) mass is 692 g/mol. The van der Waals surface area contributed by atoms with Crippen LogP contribution in [-0.2, 0) is 19.9 Å². The first-order chi connectivity index (χ1) is 23.8. The molecule has 250 valence electrons. The first kappa shape index (κ1) is 30.6. The maximum atomic E-state index is 13.9. The largest absolute Gasteiger partial charge is 0.441 e. The number of hydrogen-bond donors (Lipinski definition) is 1. The minimum atomic E-state index is -2.28. The summed E-state index contributed by atoms with van der Waals surface area (Å²) in [4.78, 5) is 57.6. The lowest BCUT2D eigenvalue weighted by Crippen LogP contribution is -2.67. The molecular formula is C38H37ClN4O5Si. The second-order valence-corrected chi connectivity index (χ2v) is 18.8. The van der Waals surface area contributed by atoms with E-state index in [1.54, 1.807) is 12.1 Å². The number of esters is 1. The number of halogens is 1. The first-order valence-electron chi connectivity index (χ1n) is 17.5. The molecule has 49 heavy (non-hydrogen) atoms. The van der Waals surface area contributed by atoms with Gasteiger partial charge in [-0.05, 0) is 71.7 Å². The van der Waals surface area contributed by atoms with Crippen LogP contribution in [0.5, 0.6) is 0 Å². The van der Waals surface area contributed by atoms with Crippen molar-refractivity contribution in [2.75, 3.05) is 49.1 Å².